The Morgan fingerprint density at radius 2 is 1.76 bits per heavy atom. The second-order valence-corrected chi connectivity index (χ2v) is 6.42. The molecule has 0 aromatic rings. The molecule has 17 heavy (non-hydrogen) atoms. The van der Waals surface area contributed by atoms with Gasteiger partial charge in [0.25, 0.3) is 0 Å². The van der Waals surface area contributed by atoms with E-state index in [1.165, 1.54) is 12.8 Å². The van der Waals surface area contributed by atoms with Crippen LogP contribution in [0.2, 0.25) is 0 Å². The fourth-order valence-corrected chi connectivity index (χ4v) is 3.37. The van der Waals surface area contributed by atoms with Gasteiger partial charge >= 0.3 is 5.97 Å². The Morgan fingerprint density at radius 3 is 2.18 bits per heavy atom. The van der Waals surface area contributed by atoms with Gasteiger partial charge in [-0.05, 0) is 53.0 Å². The maximum atomic E-state index is 12.1. The maximum Gasteiger partial charge on any atom is 0.309 e. The molecule has 3 heteroatoms. The van der Waals surface area contributed by atoms with Crippen LogP contribution in [0.15, 0.2) is 0 Å². The van der Waals surface area contributed by atoms with E-state index < -0.39 is 0 Å². The number of esters is 1. The van der Waals surface area contributed by atoms with Gasteiger partial charge in [-0.25, -0.2) is 0 Å². The Morgan fingerprint density at radius 1 is 1.24 bits per heavy atom. The third-order valence-corrected chi connectivity index (χ3v) is 3.99. The van der Waals surface area contributed by atoms with Crippen LogP contribution in [-0.2, 0) is 9.53 Å². The molecule has 3 nitrogen and oxygen atoms in total. The quantitative estimate of drug-likeness (QED) is 0.694. The van der Waals surface area contributed by atoms with Gasteiger partial charge in [0.05, 0.1) is 5.92 Å². The van der Waals surface area contributed by atoms with Crippen LogP contribution in [0.5, 0.6) is 0 Å². The third kappa shape index (κ3) is 2.82. The van der Waals surface area contributed by atoms with Gasteiger partial charge in [0.2, 0.25) is 0 Å². The molecule has 0 aliphatic carbocycles. The molecule has 0 aromatic carbocycles. The van der Waals surface area contributed by atoms with Gasteiger partial charge < -0.3 is 4.74 Å². The summed E-state index contributed by atoms with van der Waals surface area (Å²) in [5.41, 5.74) is -0.349. The molecule has 98 valence electrons. The van der Waals surface area contributed by atoms with E-state index in [1.54, 1.807) is 0 Å². The van der Waals surface area contributed by atoms with Crippen molar-refractivity contribution < 1.29 is 9.53 Å². The first-order valence-electron chi connectivity index (χ1n) is 6.89. The van der Waals surface area contributed by atoms with Crippen LogP contribution in [0, 0.1) is 5.92 Å². The Balaban J connectivity index is 1.96. The fraction of sp³-hybridized carbons (Fsp3) is 0.929. The zero-order valence-corrected chi connectivity index (χ0v) is 11.5. The molecule has 2 bridgehead atoms. The molecule has 2 aliphatic heterocycles. The monoisotopic (exact) mass is 239 g/mol. The SMILES string of the molecule is CCN1C2CCC1CC(C(=O)OC(C)(C)C)C2. The highest BCUT2D eigenvalue weighted by Gasteiger charge is 2.43. The first-order chi connectivity index (χ1) is 7.90. The Hall–Kier alpha value is -0.570. The van der Waals surface area contributed by atoms with Crippen molar-refractivity contribution in [3.05, 3.63) is 0 Å². The summed E-state index contributed by atoms with van der Waals surface area (Å²) in [6, 6.07) is 1.24. The molecule has 2 saturated heterocycles. The lowest BCUT2D eigenvalue weighted by Crippen LogP contribution is -2.45. The lowest BCUT2D eigenvalue weighted by Gasteiger charge is -2.38. The Kier molecular flexibility index (Phi) is 3.48. The van der Waals surface area contributed by atoms with E-state index in [2.05, 4.69) is 11.8 Å². The molecule has 0 aromatic heterocycles. The van der Waals surface area contributed by atoms with E-state index in [9.17, 15) is 4.79 Å². The topological polar surface area (TPSA) is 29.5 Å². The molecular formula is C14H25NO2. The number of hydrogen-bond donors (Lipinski definition) is 0. The van der Waals surface area contributed by atoms with E-state index in [1.807, 2.05) is 20.8 Å². The Labute approximate surface area is 105 Å². The summed E-state index contributed by atoms with van der Waals surface area (Å²) in [6.07, 6.45) is 4.52. The van der Waals surface area contributed by atoms with Gasteiger partial charge in [-0.3, -0.25) is 9.69 Å². The minimum atomic E-state index is -0.349. The lowest BCUT2D eigenvalue weighted by atomic mass is 9.90. The maximum absolute atomic E-state index is 12.1. The van der Waals surface area contributed by atoms with Gasteiger partial charge in [0.15, 0.2) is 0 Å². The highest BCUT2D eigenvalue weighted by molar-refractivity contribution is 5.73. The average Bonchev–Trinajstić information content (AvgIpc) is 2.44. The van der Waals surface area contributed by atoms with Crippen LogP contribution in [0.4, 0.5) is 0 Å². The van der Waals surface area contributed by atoms with Crippen LogP contribution < -0.4 is 0 Å². The smallest absolute Gasteiger partial charge is 0.309 e. The minimum absolute atomic E-state index is 0.0187. The number of ether oxygens (including phenoxy) is 1. The number of rotatable bonds is 2. The number of carbonyl (C=O) groups is 1. The second-order valence-electron chi connectivity index (χ2n) is 6.42. The van der Waals surface area contributed by atoms with Gasteiger partial charge in [-0.1, -0.05) is 6.92 Å². The summed E-state index contributed by atoms with van der Waals surface area (Å²) >= 11 is 0. The first-order valence-corrected chi connectivity index (χ1v) is 6.89. The lowest BCUT2D eigenvalue weighted by molar-refractivity contribution is -0.162. The highest BCUT2D eigenvalue weighted by atomic mass is 16.6. The molecule has 2 aliphatic rings. The largest absolute Gasteiger partial charge is 0.460 e. The van der Waals surface area contributed by atoms with Crippen LogP contribution in [0.1, 0.15) is 53.4 Å². The minimum Gasteiger partial charge on any atom is -0.460 e. The summed E-state index contributed by atoms with van der Waals surface area (Å²) in [5, 5.41) is 0. The zero-order chi connectivity index (χ0) is 12.6. The molecule has 2 unspecified atom stereocenters. The molecule has 0 N–H and O–H groups in total. The molecule has 2 atom stereocenters. The fourth-order valence-electron chi connectivity index (χ4n) is 3.37. The van der Waals surface area contributed by atoms with E-state index in [0.29, 0.717) is 12.1 Å². The van der Waals surface area contributed by atoms with E-state index in [-0.39, 0.29) is 17.5 Å². The summed E-state index contributed by atoms with van der Waals surface area (Å²) in [6.45, 7) is 9.18. The van der Waals surface area contributed by atoms with Gasteiger partial charge in [-0.15, -0.1) is 0 Å². The molecule has 0 spiro atoms. The normalized spacial score (nSPS) is 33.8. The van der Waals surface area contributed by atoms with Gasteiger partial charge in [-0.2, -0.15) is 0 Å². The summed E-state index contributed by atoms with van der Waals surface area (Å²) in [5.74, 6) is 0.152. The standard InChI is InChI=1S/C14H25NO2/c1-5-15-11-6-7-12(15)9-10(8-11)13(16)17-14(2,3)4/h10-12H,5-9H2,1-4H3. The van der Waals surface area contributed by atoms with Crippen LogP contribution in [0.3, 0.4) is 0 Å². The molecule has 2 heterocycles. The molecule has 2 rings (SSSR count). The molecule has 0 saturated carbocycles. The van der Waals surface area contributed by atoms with Crippen LogP contribution in [-0.4, -0.2) is 35.1 Å². The predicted molar refractivity (Wildman–Crippen MR) is 67.8 cm³/mol. The summed E-state index contributed by atoms with van der Waals surface area (Å²) < 4.78 is 5.51. The first kappa shape index (κ1) is 12.9. The van der Waals surface area contributed by atoms with Crippen molar-refractivity contribution in [2.24, 2.45) is 5.92 Å². The molecule has 0 amide bonds. The predicted octanol–water partition coefficient (Wildman–Crippen LogP) is 2.59. The van der Waals surface area contributed by atoms with Gasteiger partial charge in [0.1, 0.15) is 5.60 Å². The number of fused-ring (bicyclic) bond motifs is 2. The van der Waals surface area contributed by atoms with Gasteiger partial charge in [0, 0.05) is 12.1 Å². The summed E-state index contributed by atoms with van der Waals surface area (Å²) in [4.78, 5) is 14.7. The van der Waals surface area contributed by atoms with Crippen molar-refractivity contribution in [1.29, 1.82) is 0 Å². The molecule has 2 fully saturated rings. The van der Waals surface area contributed by atoms with E-state index in [4.69, 9.17) is 4.74 Å². The molecule has 0 radical (unpaired) electrons. The van der Waals surface area contributed by atoms with Crippen molar-refractivity contribution in [3.63, 3.8) is 0 Å². The van der Waals surface area contributed by atoms with Crippen LogP contribution in [0.25, 0.3) is 0 Å². The van der Waals surface area contributed by atoms with E-state index in [0.717, 1.165) is 19.4 Å². The third-order valence-electron chi connectivity index (χ3n) is 3.99. The average molecular weight is 239 g/mol. The number of hydrogen-bond acceptors (Lipinski definition) is 3. The second kappa shape index (κ2) is 4.60. The number of piperidine rings is 1. The number of carbonyl (C=O) groups excluding carboxylic acids is 1. The van der Waals surface area contributed by atoms with Crippen molar-refractivity contribution in [2.75, 3.05) is 6.54 Å². The van der Waals surface area contributed by atoms with Crippen molar-refractivity contribution in [1.82, 2.24) is 4.90 Å². The Bertz CT molecular complexity index is 281. The van der Waals surface area contributed by atoms with Crippen molar-refractivity contribution in [2.45, 2.75) is 71.1 Å². The number of nitrogens with zero attached hydrogens (tertiary/aromatic N) is 1. The summed E-state index contributed by atoms with van der Waals surface area (Å²) in [7, 11) is 0. The zero-order valence-electron chi connectivity index (χ0n) is 11.5. The van der Waals surface area contributed by atoms with E-state index >= 15 is 0 Å². The molecular weight excluding hydrogens is 214 g/mol. The van der Waals surface area contributed by atoms with Crippen LogP contribution >= 0.6 is 0 Å². The van der Waals surface area contributed by atoms with Crippen molar-refractivity contribution >= 4 is 5.97 Å². The highest BCUT2D eigenvalue weighted by Crippen LogP contribution is 2.39. The van der Waals surface area contributed by atoms with Crippen molar-refractivity contribution in [3.8, 4) is 0 Å².